The molecule has 0 unspecified atom stereocenters. The Hall–Kier alpha value is -1.86. The van der Waals surface area contributed by atoms with Crippen molar-refractivity contribution in [3.8, 4) is 0 Å². The van der Waals surface area contributed by atoms with Gasteiger partial charge in [0.2, 0.25) is 0 Å². The first-order chi connectivity index (χ1) is 13.2. The molecule has 2 aliphatic rings. The second-order valence-electron chi connectivity index (χ2n) is 7.55. The molecule has 27 heavy (non-hydrogen) atoms. The maximum absolute atomic E-state index is 12.6. The summed E-state index contributed by atoms with van der Waals surface area (Å²) in [6.45, 7) is 2.65. The van der Waals surface area contributed by atoms with Gasteiger partial charge in [0.25, 0.3) is 5.91 Å². The molecule has 6 nitrogen and oxygen atoms in total. The molecule has 1 saturated carbocycles. The van der Waals surface area contributed by atoms with Gasteiger partial charge in [0.15, 0.2) is 5.69 Å². The van der Waals surface area contributed by atoms with Gasteiger partial charge in [-0.15, -0.1) is 16.9 Å². The van der Waals surface area contributed by atoms with Crippen molar-refractivity contribution < 1.29 is 4.79 Å². The zero-order valence-corrected chi connectivity index (χ0v) is 16.4. The fourth-order valence-electron chi connectivity index (χ4n) is 4.04. The fraction of sp³-hybridized carbons (Fsp3) is 0.550. The predicted molar refractivity (Wildman–Crippen MR) is 107 cm³/mol. The molecule has 1 aliphatic heterocycles. The lowest BCUT2D eigenvalue weighted by Gasteiger charge is -2.28. The highest BCUT2D eigenvalue weighted by Gasteiger charge is 2.35. The van der Waals surface area contributed by atoms with Gasteiger partial charge in [-0.25, -0.2) is 4.68 Å². The van der Waals surface area contributed by atoms with Crippen molar-refractivity contribution in [2.24, 2.45) is 0 Å². The Kier molecular flexibility index (Phi) is 5.78. The lowest BCUT2D eigenvalue weighted by Crippen LogP contribution is -2.38. The molecule has 1 aliphatic carbocycles. The summed E-state index contributed by atoms with van der Waals surface area (Å²) in [5.74, 6) is -0.116. The normalized spacial score (nSPS) is 19.9. The van der Waals surface area contributed by atoms with E-state index in [2.05, 4.69) is 45.2 Å². The number of rotatable bonds is 6. The molecule has 2 heterocycles. The van der Waals surface area contributed by atoms with E-state index in [0.29, 0.717) is 18.3 Å². The first-order valence-corrected chi connectivity index (χ1v) is 10.7. The first-order valence-electron chi connectivity index (χ1n) is 9.89. The fourth-order valence-corrected chi connectivity index (χ4v) is 5.47. The summed E-state index contributed by atoms with van der Waals surface area (Å²) >= 11 is 1.90. The van der Waals surface area contributed by atoms with Gasteiger partial charge in [0.05, 0.1) is 12.2 Å². The van der Waals surface area contributed by atoms with E-state index in [9.17, 15) is 4.79 Å². The van der Waals surface area contributed by atoms with Crippen LogP contribution in [-0.2, 0) is 0 Å². The van der Waals surface area contributed by atoms with Crippen LogP contribution in [0.1, 0.15) is 55.1 Å². The van der Waals surface area contributed by atoms with Crippen LogP contribution >= 0.6 is 11.8 Å². The zero-order chi connectivity index (χ0) is 18.5. The van der Waals surface area contributed by atoms with Crippen molar-refractivity contribution in [1.82, 2.24) is 25.6 Å². The molecule has 0 spiro atoms. The highest BCUT2D eigenvalue weighted by molar-refractivity contribution is 8.00. The molecule has 1 aromatic carbocycles. The van der Waals surface area contributed by atoms with Crippen molar-refractivity contribution in [2.75, 3.05) is 19.6 Å². The van der Waals surface area contributed by atoms with Crippen LogP contribution in [0.25, 0.3) is 0 Å². The van der Waals surface area contributed by atoms with E-state index in [0.717, 1.165) is 38.8 Å². The summed E-state index contributed by atoms with van der Waals surface area (Å²) in [5, 5.41) is 14.8. The molecule has 0 bridgehead atoms. The highest BCUT2D eigenvalue weighted by Crippen LogP contribution is 2.44. The van der Waals surface area contributed by atoms with Crippen molar-refractivity contribution in [3.63, 3.8) is 0 Å². The van der Waals surface area contributed by atoms with Crippen molar-refractivity contribution >= 4 is 17.7 Å². The number of nitrogens with zero attached hydrogens (tertiary/aromatic N) is 3. The number of amides is 1. The number of carbonyl (C=O) groups is 1. The molecule has 0 radical (unpaired) electrons. The number of nitrogens with one attached hydrogen (secondary N) is 2. The molecule has 7 heteroatoms. The van der Waals surface area contributed by atoms with Crippen molar-refractivity contribution in [3.05, 3.63) is 42.2 Å². The van der Waals surface area contributed by atoms with Crippen LogP contribution in [0.3, 0.4) is 0 Å². The van der Waals surface area contributed by atoms with E-state index in [1.54, 1.807) is 6.20 Å². The van der Waals surface area contributed by atoms with Crippen LogP contribution in [0.4, 0.5) is 0 Å². The maximum atomic E-state index is 12.6. The third kappa shape index (κ3) is 4.52. The van der Waals surface area contributed by atoms with E-state index >= 15 is 0 Å². The van der Waals surface area contributed by atoms with E-state index in [4.69, 9.17) is 0 Å². The summed E-state index contributed by atoms with van der Waals surface area (Å²) in [6.07, 6.45) is 8.58. The third-order valence-corrected chi connectivity index (χ3v) is 7.08. The van der Waals surface area contributed by atoms with Crippen molar-refractivity contribution in [1.29, 1.82) is 0 Å². The average molecular weight is 386 g/mol. The van der Waals surface area contributed by atoms with Crippen LogP contribution in [0.5, 0.6) is 0 Å². The van der Waals surface area contributed by atoms with Gasteiger partial charge in [0, 0.05) is 16.2 Å². The number of thioether (sulfide) groups is 1. The van der Waals surface area contributed by atoms with Gasteiger partial charge in [-0.05, 0) is 50.9 Å². The number of benzene rings is 1. The van der Waals surface area contributed by atoms with E-state index in [-0.39, 0.29) is 10.7 Å². The minimum Gasteiger partial charge on any atom is -0.349 e. The largest absolute Gasteiger partial charge is 0.349 e. The Morgan fingerprint density at radius 3 is 2.70 bits per heavy atom. The Morgan fingerprint density at radius 2 is 1.96 bits per heavy atom. The summed E-state index contributed by atoms with van der Waals surface area (Å²) in [6, 6.07) is 10.8. The standard InChI is InChI=1S/C20H27N5OS/c26-19(18-14-25(24-23-18)16-8-12-21-13-9-16)22-15-20(10-4-5-11-20)27-17-6-2-1-3-7-17/h1-3,6-7,14,16,21H,4-5,8-13,15H2,(H,22,26). The molecule has 0 atom stereocenters. The quantitative estimate of drug-likeness (QED) is 0.800. The van der Waals surface area contributed by atoms with Crippen LogP contribution in [0, 0.1) is 0 Å². The number of hydrogen-bond acceptors (Lipinski definition) is 5. The Bertz CT molecular complexity index is 751. The van der Waals surface area contributed by atoms with Gasteiger partial charge in [-0.3, -0.25) is 4.79 Å². The van der Waals surface area contributed by atoms with E-state index in [1.165, 1.54) is 17.7 Å². The number of piperidine rings is 1. The SMILES string of the molecule is O=C(NCC1(Sc2ccccc2)CCCC1)c1cn(C2CCNCC2)nn1. The molecular formula is C20H27N5OS. The van der Waals surface area contributed by atoms with Crippen LogP contribution in [-0.4, -0.2) is 45.3 Å². The average Bonchev–Trinajstić information content (AvgIpc) is 3.38. The minimum absolute atomic E-state index is 0.0854. The second kappa shape index (κ2) is 8.44. The van der Waals surface area contributed by atoms with Gasteiger partial charge < -0.3 is 10.6 Å². The molecule has 4 rings (SSSR count). The van der Waals surface area contributed by atoms with Gasteiger partial charge in [0.1, 0.15) is 0 Å². The maximum Gasteiger partial charge on any atom is 0.273 e. The molecule has 1 aromatic heterocycles. The van der Waals surface area contributed by atoms with Gasteiger partial charge in [-0.2, -0.15) is 0 Å². The highest BCUT2D eigenvalue weighted by atomic mass is 32.2. The monoisotopic (exact) mass is 385 g/mol. The molecule has 2 aromatic rings. The van der Waals surface area contributed by atoms with Crippen LogP contribution in [0.15, 0.2) is 41.4 Å². The lowest BCUT2D eigenvalue weighted by molar-refractivity contribution is 0.0944. The Balaban J connectivity index is 1.38. The molecular weight excluding hydrogens is 358 g/mol. The molecule has 1 saturated heterocycles. The summed E-state index contributed by atoms with van der Waals surface area (Å²) < 4.78 is 1.95. The Morgan fingerprint density at radius 1 is 1.22 bits per heavy atom. The lowest BCUT2D eigenvalue weighted by atomic mass is 10.1. The first kappa shape index (κ1) is 18.5. The molecule has 2 fully saturated rings. The van der Waals surface area contributed by atoms with Gasteiger partial charge in [-0.1, -0.05) is 36.3 Å². The van der Waals surface area contributed by atoms with Crippen LogP contribution < -0.4 is 10.6 Å². The van der Waals surface area contributed by atoms with E-state index in [1.807, 2.05) is 22.5 Å². The van der Waals surface area contributed by atoms with Gasteiger partial charge >= 0.3 is 0 Å². The number of aromatic nitrogens is 3. The molecule has 2 N–H and O–H groups in total. The number of carbonyl (C=O) groups excluding carboxylic acids is 1. The third-order valence-electron chi connectivity index (χ3n) is 5.59. The smallest absolute Gasteiger partial charge is 0.273 e. The topological polar surface area (TPSA) is 71.8 Å². The van der Waals surface area contributed by atoms with Crippen LogP contribution in [0.2, 0.25) is 0 Å². The molecule has 144 valence electrons. The van der Waals surface area contributed by atoms with Crippen molar-refractivity contribution in [2.45, 2.75) is 54.2 Å². The second-order valence-corrected chi connectivity index (χ2v) is 9.09. The Labute approximate surface area is 164 Å². The summed E-state index contributed by atoms with van der Waals surface area (Å²) in [4.78, 5) is 13.9. The minimum atomic E-state index is -0.116. The predicted octanol–water partition coefficient (Wildman–Crippen LogP) is 3.04. The molecule has 1 amide bonds. The number of hydrogen-bond donors (Lipinski definition) is 2. The summed E-state index contributed by atoms with van der Waals surface area (Å²) in [5.41, 5.74) is 0.423. The summed E-state index contributed by atoms with van der Waals surface area (Å²) in [7, 11) is 0. The zero-order valence-electron chi connectivity index (χ0n) is 15.6. The van der Waals surface area contributed by atoms with E-state index < -0.39 is 0 Å².